The van der Waals surface area contributed by atoms with Crippen molar-refractivity contribution < 1.29 is 17.9 Å². The summed E-state index contributed by atoms with van der Waals surface area (Å²) in [6, 6.07) is 4.46. The number of nitriles is 1. The van der Waals surface area contributed by atoms with Crippen molar-refractivity contribution in [1.82, 2.24) is 9.47 Å². The van der Waals surface area contributed by atoms with Crippen LogP contribution in [0.5, 0.6) is 5.75 Å². The van der Waals surface area contributed by atoms with E-state index < -0.39 is 18.2 Å². The lowest BCUT2D eigenvalue weighted by Gasteiger charge is -2.35. The van der Waals surface area contributed by atoms with E-state index >= 15 is 0 Å². The number of fused-ring (bicyclic) bond motifs is 1. The molecular formula is C20H19F3N4OS. The standard InChI is InChI=1S/C20H19F3N4OS/c1-26-10-12(29-25)5-6-16(26)19-14(9-24)13-7-15(21)18(28-20(22)23)8-17(13)27(19)11-3-2-4-11/h5-8,10-11,16,20H,2-4,25H2,1H3. The first kappa shape index (κ1) is 19.7. The number of nitrogens with two attached hydrogens (primary N) is 1. The minimum atomic E-state index is -3.13. The van der Waals surface area contributed by atoms with E-state index in [4.69, 9.17) is 5.14 Å². The van der Waals surface area contributed by atoms with Crippen LogP contribution in [0.3, 0.4) is 0 Å². The SMILES string of the molecule is CN1C=C(SN)C=CC1c1c(C#N)c2cc(F)c(OC(F)F)cc2n1C1CCC1. The van der Waals surface area contributed by atoms with Crippen LogP contribution >= 0.6 is 11.9 Å². The molecule has 2 N–H and O–H groups in total. The number of aromatic nitrogens is 1. The Kier molecular flexibility index (Phi) is 5.23. The van der Waals surface area contributed by atoms with Crippen LogP contribution < -0.4 is 9.88 Å². The molecule has 1 atom stereocenters. The molecule has 1 aliphatic heterocycles. The summed E-state index contributed by atoms with van der Waals surface area (Å²) < 4.78 is 46.2. The number of nitrogens with zero attached hydrogens (tertiary/aromatic N) is 3. The second kappa shape index (κ2) is 7.69. The maximum atomic E-state index is 14.4. The highest BCUT2D eigenvalue weighted by Gasteiger charge is 2.32. The highest BCUT2D eigenvalue weighted by atomic mass is 32.2. The van der Waals surface area contributed by atoms with Gasteiger partial charge in [0.25, 0.3) is 0 Å². The van der Waals surface area contributed by atoms with Gasteiger partial charge in [0.05, 0.1) is 22.8 Å². The Balaban J connectivity index is 1.95. The Hall–Kier alpha value is -2.57. The number of allylic oxidation sites excluding steroid dienone is 1. The maximum absolute atomic E-state index is 14.4. The van der Waals surface area contributed by atoms with Crippen molar-refractivity contribution >= 4 is 22.9 Å². The molecule has 9 heteroatoms. The third-order valence-electron chi connectivity index (χ3n) is 5.49. The van der Waals surface area contributed by atoms with Crippen molar-refractivity contribution in [2.24, 2.45) is 5.14 Å². The first-order valence-electron chi connectivity index (χ1n) is 9.15. The molecule has 5 nitrogen and oxygen atoms in total. The largest absolute Gasteiger partial charge is 0.432 e. The highest BCUT2D eigenvalue weighted by Crippen LogP contribution is 2.44. The predicted molar refractivity (Wildman–Crippen MR) is 106 cm³/mol. The zero-order valence-corrected chi connectivity index (χ0v) is 16.4. The molecule has 152 valence electrons. The summed E-state index contributed by atoms with van der Waals surface area (Å²) in [5.41, 5.74) is 1.59. The van der Waals surface area contributed by atoms with Gasteiger partial charge in [-0.15, -0.1) is 0 Å². The Morgan fingerprint density at radius 1 is 1.34 bits per heavy atom. The molecule has 0 saturated heterocycles. The van der Waals surface area contributed by atoms with Crippen LogP contribution in [0.15, 0.2) is 35.4 Å². The molecule has 2 aliphatic rings. The van der Waals surface area contributed by atoms with E-state index in [-0.39, 0.29) is 12.1 Å². The van der Waals surface area contributed by atoms with E-state index in [1.807, 2.05) is 34.9 Å². The van der Waals surface area contributed by atoms with Gasteiger partial charge in [-0.2, -0.15) is 14.0 Å². The molecular weight excluding hydrogens is 401 g/mol. The van der Waals surface area contributed by atoms with Gasteiger partial charge >= 0.3 is 6.61 Å². The molecule has 0 amide bonds. The second-order valence-corrected chi connectivity index (χ2v) is 7.83. The fourth-order valence-corrected chi connectivity index (χ4v) is 4.35. The number of hydrogen-bond acceptors (Lipinski definition) is 5. The smallest absolute Gasteiger partial charge is 0.387 e. The van der Waals surface area contributed by atoms with Crippen molar-refractivity contribution in [1.29, 1.82) is 5.26 Å². The lowest BCUT2D eigenvalue weighted by atomic mass is 9.92. The molecule has 0 radical (unpaired) electrons. The van der Waals surface area contributed by atoms with Crippen LogP contribution in [0.4, 0.5) is 13.2 Å². The number of alkyl halides is 2. The van der Waals surface area contributed by atoms with Crippen molar-refractivity contribution in [3.8, 4) is 11.8 Å². The number of halogens is 3. The molecule has 1 unspecified atom stereocenters. The summed E-state index contributed by atoms with van der Waals surface area (Å²) in [5, 5.41) is 15.9. The number of likely N-dealkylation sites (N-methyl/N-ethyl adjacent to an activating group) is 1. The van der Waals surface area contributed by atoms with Crippen molar-refractivity contribution in [2.75, 3.05) is 7.05 Å². The Bertz CT molecular complexity index is 1050. The van der Waals surface area contributed by atoms with Gasteiger partial charge in [-0.05, 0) is 43.4 Å². The average molecular weight is 420 g/mol. The van der Waals surface area contributed by atoms with E-state index in [0.717, 1.165) is 47.9 Å². The minimum absolute atomic E-state index is 0.121. The van der Waals surface area contributed by atoms with E-state index in [1.165, 1.54) is 6.07 Å². The molecule has 1 aromatic heterocycles. The van der Waals surface area contributed by atoms with Gasteiger partial charge in [-0.1, -0.05) is 6.08 Å². The molecule has 29 heavy (non-hydrogen) atoms. The van der Waals surface area contributed by atoms with Crippen LogP contribution in [0, 0.1) is 17.1 Å². The van der Waals surface area contributed by atoms with E-state index in [2.05, 4.69) is 10.8 Å². The summed E-state index contributed by atoms with van der Waals surface area (Å²) in [7, 11) is 1.88. The number of ether oxygens (including phenoxy) is 1. The van der Waals surface area contributed by atoms with Gasteiger partial charge in [0.2, 0.25) is 0 Å². The second-order valence-electron chi connectivity index (χ2n) is 7.12. The molecule has 1 fully saturated rings. The van der Waals surface area contributed by atoms with Gasteiger partial charge in [0.1, 0.15) is 6.07 Å². The molecule has 2 aromatic rings. The molecule has 0 bridgehead atoms. The Morgan fingerprint density at radius 3 is 2.66 bits per heavy atom. The van der Waals surface area contributed by atoms with Gasteiger partial charge in [0, 0.05) is 35.6 Å². The fourth-order valence-electron chi connectivity index (χ4n) is 3.96. The Morgan fingerprint density at radius 2 is 2.10 bits per heavy atom. The number of hydrogen-bond donors (Lipinski definition) is 1. The minimum Gasteiger partial charge on any atom is -0.432 e. The lowest BCUT2D eigenvalue weighted by Crippen LogP contribution is -2.27. The van der Waals surface area contributed by atoms with Crippen LogP contribution in [0.2, 0.25) is 0 Å². The molecule has 0 spiro atoms. The van der Waals surface area contributed by atoms with Crippen molar-refractivity contribution in [2.45, 2.75) is 38.0 Å². The summed E-state index contributed by atoms with van der Waals surface area (Å²) in [6.07, 6.45) is 8.55. The molecule has 1 aromatic carbocycles. The van der Waals surface area contributed by atoms with Gasteiger partial charge in [-0.3, -0.25) is 5.14 Å². The summed E-state index contributed by atoms with van der Waals surface area (Å²) in [5.74, 6) is -1.43. The van der Waals surface area contributed by atoms with Crippen LogP contribution in [0.25, 0.3) is 10.9 Å². The summed E-state index contributed by atoms with van der Waals surface area (Å²) in [4.78, 5) is 2.80. The monoisotopic (exact) mass is 420 g/mol. The van der Waals surface area contributed by atoms with Gasteiger partial charge in [-0.25, -0.2) is 4.39 Å². The molecule has 1 aliphatic carbocycles. The highest BCUT2D eigenvalue weighted by molar-refractivity contribution is 8.01. The van der Waals surface area contributed by atoms with E-state index in [0.29, 0.717) is 16.5 Å². The normalized spacial score (nSPS) is 19.4. The topological polar surface area (TPSA) is 67.2 Å². The van der Waals surface area contributed by atoms with Crippen LogP contribution in [-0.2, 0) is 0 Å². The number of rotatable bonds is 5. The van der Waals surface area contributed by atoms with Gasteiger partial charge in [0.15, 0.2) is 11.6 Å². The lowest BCUT2D eigenvalue weighted by molar-refractivity contribution is -0.0521. The quantitative estimate of drug-likeness (QED) is 0.692. The number of benzene rings is 1. The first-order chi connectivity index (χ1) is 13.9. The van der Waals surface area contributed by atoms with E-state index in [9.17, 15) is 18.4 Å². The van der Waals surface area contributed by atoms with E-state index in [1.54, 1.807) is 0 Å². The summed E-state index contributed by atoms with van der Waals surface area (Å²) in [6.45, 7) is -3.13. The van der Waals surface area contributed by atoms with Crippen molar-refractivity contribution in [3.63, 3.8) is 0 Å². The van der Waals surface area contributed by atoms with Crippen LogP contribution in [-0.4, -0.2) is 23.1 Å². The third-order valence-corrected chi connectivity index (χ3v) is 6.00. The first-order valence-corrected chi connectivity index (χ1v) is 10.0. The fraction of sp³-hybridized carbons (Fsp3) is 0.350. The zero-order chi connectivity index (χ0) is 20.7. The molecule has 2 heterocycles. The van der Waals surface area contributed by atoms with Gasteiger partial charge < -0.3 is 14.2 Å². The van der Waals surface area contributed by atoms with Crippen LogP contribution in [0.1, 0.15) is 42.6 Å². The van der Waals surface area contributed by atoms with Crippen molar-refractivity contribution in [3.05, 3.63) is 52.5 Å². The third kappa shape index (κ3) is 3.36. The average Bonchev–Trinajstić information content (AvgIpc) is 2.93. The maximum Gasteiger partial charge on any atom is 0.387 e. The summed E-state index contributed by atoms with van der Waals surface area (Å²) >= 11 is 1.12. The molecule has 1 saturated carbocycles. The Labute approximate surface area is 170 Å². The predicted octanol–water partition coefficient (Wildman–Crippen LogP) is 4.97. The zero-order valence-electron chi connectivity index (χ0n) is 15.6. The molecule has 4 rings (SSSR count).